The molecule has 0 unspecified atom stereocenters. The van der Waals surface area contributed by atoms with Crippen molar-refractivity contribution < 1.29 is 13.9 Å². The molecule has 7 heteroatoms. The molecular formula is C14H14Cl2N2O3. The second-order valence-corrected chi connectivity index (χ2v) is 5.13. The van der Waals surface area contributed by atoms with Crippen LogP contribution in [0.3, 0.4) is 0 Å². The third-order valence-electron chi connectivity index (χ3n) is 2.99. The third-order valence-corrected chi connectivity index (χ3v) is 3.45. The average Bonchev–Trinajstić information content (AvgIpc) is 2.83. The number of hydrogen-bond acceptors (Lipinski definition) is 5. The van der Waals surface area contributed by atoms with Gasteiger partial charge in [0.1, 0.15) is 10.3 Å². The number of pyridine rings is 1. The van der Waals surface area contributed by atoms with E-state index in [0.29, 0.717) is 23.2 Å². The molecule has 0 fully saturated rings. The van der Waals surface area contributed by atoms with Gasteiger partial charge in [0.05, 0.1) is 12.5 Å². The van der Waals surface area contributed by atoms with E-state index in [0.717, 1.165) is 6.42 Å². The minimum Gasteiger partial charge on any atom is -0.463 e. The van der Waals surface area contributed by atoms with E-state index >= 15 is 0 Å². The molecule has 0 amide bonds. The van der Waals surface area contributed by atoms with Gasteiger partial charge in [0.25, 0.3) is 0 Å². The number of ether oxygens (including phenoxy) is 1. The predicted octanol–water partition coefficient (Wildman–Crippen LogP) is 3.93. The summed E-state index contributed by atoms with van der Waals surface area (Å²) in [6, 6.07) is 1.53. The van der Waals surface area contributed by atoms with Gasteiger partial charge in [-0.2, -0.15) is 0 Å². The van der Waals surface area contributed by atoms with Crippen molar-refractivity contribution in [2.75, 3.05) is 25.6 Å². The average molecular weight is 329 g/mol. The lowest BCUT2D eigenvalue weighted by Gasteiger charge is -2.15. The molecule has 0 aliphatic heterocycles. The molecule has 0 atom stereocenters. The van der Waals surface area contributed by atoms with Crippen molar-refractivity contribution in [1.82, 2.24) is 4.98 Å². The fourth-order valence-corrected chi connectivity index (χ4v) is 2.48. The maximum Gasteiger partial charge on any atom is 0.374 e. The van der Waals surface area contributed by atoms with Gasteiger partial charge in [0.2, 0.25) is 11.6 Å². The highest BCUT2D eigenvalue weighted by Crippen LogP contribution is 2.38. The zero-order valence-electron chi connectivity index (χ0n) is 11.7. The van der Waals surface area contributed by atoms with Crippen LogP contribution in [0.5, 0.6) is 0 Å². The van der Waals surface area contributed by atoms with E-state index in [1.165, 1.54) is 13.2 Å². The number of furan rings is 1. The van der Waals surface area contributed by atoms with E-state index in [9.17, 15) is 4.79 Å². The lowest BCUT2D eigenvalue weighted by molar-refractivity contribution is 0.0569. The summed E-state index contributed by atoms with van der Waals surface area (Å²) in [4.78, 5) is 17.7. The zero-order valence-corrected chi connectivity index (χ0v) is 13.2. The highest BCUT2D eigenvalue weighted by Gasteiger charge is 2.25. The molecule has 2 heterocycles. The van der Waals surface area contributed by atoms with E-state index in [2.05, 4.69) is 11.6 Å². The van der Waals surface area contributed by atoms with Crippen molar-refractivity contribution in [1.29, 1.82) is 0 Å². The molecule has 2 rings (SSSR count). The minimum absolute atomic E-state index is 0.0548. The summed E-state index contributed by atoms with van der Waals surface area (Å²) in [5.74, 6) is -0.0951. The van der Waals surface area contributed by atoms with Gasteiger partial charge in [-0.25, -0.2) is 9.78 Å². The van der Waals surface area contributed by atoms with Crippen LogP contribution in [-0.2, 0) is 4.74 Å². The summed E-state index contributed by atoms with van der Waals surface area (Å²) in [5, 5.41) is 1.37. The van der Waals surface area contributed by atoms with E-state index in [1.54, 1.807) is 6.08 Å². The summed E-state index contributed by atoms with van der Waals surface area (Å²) in [6.07, 6.45) is 2.55. The number of anilines is 1. The van der Waals surface area contributed by atoms with Crippen LogP contribution in [0.1, 0.15) is 17.0 Å². The van der Waals surface area contributed by atoms with Gasteiger partial charge in [0, 0.05) is 19.0 Å². The smallest absolute Gasteiger partial charge is 0.374 e. The van der Waals surface area contributed by atoms with Crippen molar-refractivity contribution in [3.8, 4) is 0 Å². The lowest BCUT2D eigenvalue weighted by atomic mass is 10.2. The van der Waals surface area contributed by atoms with Crippen LogP contribution in [0.25, 0.3) is 10.8 Å². The van der Waals surface area contributed by atoms with Crippen molar-refractivity contribution >= 4 is 45.8 Å². The molecule has 0 aliphatic rings. The van der Waals surface area contributed by atoms with Crippen LogP contribution in [0.4, 0.5) is 5.88 Å². The van der Waals surface area contributed by atoms with Crippen molar-refractivity contribution in [2.24, 2.45) is 0 Å². The molecule has 21 heavy (non-hydrogen) atoms. The van der Waals surface area contributed by atoms with Crippen LogP contribution in [0, 0.1) is 0 Å². The standard InChI is InChI=1S/C14H14Cl2N2O3/c1-4-5-6-18(2)13-10-8(7-9(15)17-12(10)16)11(21-13)14(19)20-3/h4,7H,1,5-6H2,2-3H3. The lowest BCUT2D eigenvalue weighted by Crippen LogP contribution is -2.17. The monoisotopic (exact) mass is 328 g/mol. The maximum atomic E-state index is 11.8. The Morgan fingerprint density at radius 3 is 2.90 bits per heavy atom. The molecule has 0 spiro atoms. The Labute approximate surface area is 132 Å². The number of esters is 1. The molecule has 5 nitrogen and oxygen atoms in total. The molecule has 0 aromatic carbocycles. The van der Waals surface area contributed by atoms with Gasteiger partial charge >= 0.3 is 5.97 Å². The number of methoxy groups -OCH3 is 1. The number of halogens is 2. The summed E-state index contributed by atoms with van der Waals surface area (Å²) in [5.41, 5.74) is 0. The van der Waals surface area contributed by atoms with Gasteiger partial charge in [0.15, 0.2) is 0 Å². The van der Waals surface area contributed by atoms with Crippen LogP contribution in [0.2, 0.25) is 10.3 Å². The Kier molecular flexibility index (Phi) is 4.75. The van der Waals surface area contributed by atoms with Gasteiger partial charge in [-0.1, -0.05) is 29.3 Å². The third kappa shape index (κ3) is 2.99. The quantitative estimate of drug-likeness (QED) is 0.472. The minimum atomic E-state index is -0.596. The number of carbonyl (C=O) groups excluding carboxylic acids is 1. The topological polar surface area (TPSA) is 55.6 Å². The van der Waals surface area contributed by atoms with Crippen molar-refractivity contribution in [2.45, 2.75) is 6.42 Å². The molecule has 2 aromatic rings. The molecule has 0 aliphatic carbocycles. The summed E-state index contributed by atoms with van der Waals surface area (Å²) < 4.78 is 10.4. The molecule has 2 aromatic heterocycles. The Bertz CT molecular complexity index is 697. The number of hydrogen-bond donors (Lipinski definition) is 0. The zero-order chi connectivity index (χ0) is 15.6. The molecule has 0 radical (unpaired) electrons. The van der Waals surface area contributed by atoms with Crippen LogP contribution < -0.4 is 4.90 Å². The first-order chi connectivity index (χ1) is 9.99. The summed E-state index contributed by atoms with van der Waals surface area (Å²) in [6.45, 7) is 4.34. The first-order valence-corrected chi connectivity index (χ1v) is 6.94. The first-order valence-electron chi connectivity index (χ1n) is 6.18. The second kappa shape index (κ2) is 6.37. The van der Waals surface area contributed by atoms with Gasteiger partial charge < -0.3 is 14.1 Å². The SMILES string of the molecule is C=CCCN(C)c1oc(C(=O)OC)c2cc(Cl)nc(Cl)c12. The van der Waals surface area contributed by atoms with E-state index < -0.39 is 5.97 Å². The molecular weight excluding hydrogens is 315 g/mol. The fourth-order valence-electron chi connectivity index (χ4n) is 1.97. The van der Waals surface area contributed by atoms with Crippen LogP contribution in [-0.4, -0.2) is 31.7 Å². The second-order valence-electron chi connectivity index (χ2n) is 4.39. The number of rotatable bonds is 5. The van der Waals surface area contributed by atoms with Crippen molar-refractivity contribution in [3.05, 3.63) is 34.8 Å². The Balaban J connectivity index is 2.65. The Morgan fingerprint density at radius 1 is 1.57 bits per heavy atom. The normalized spacial score (nSPS) is 10.7. The van der Waals surface area contributed by atoms with Gasteiger partial charge in [-0.05, 0) is 12.5 Å². The molecule has 112 valence electrons. The highest BCUT2D eigenvalue weighted by atomic mass is 35.5. The molecule has 0 bridgehead atoms. The molecule has 0 saturated heterocycles. The predicted molar refractivity (Wildman–Crippen MR) is 83.5 cm³/mol. The highest BCUT2D eigenvalue weighted by molar-refractivity contribution is 6.38. The molecule has 0 saturated carbocycles. The summed E-state index contributed by atoms with van der Waals surface area (Å²) >= 11 is 12.1. The van der Waals surface area contributed by atoms with Crippen molar-refractivity contribution in [3.63, 3.8) is 0 Å². The molecule has 0 N–H and O–H groups in total. The first kappa shape index (κ1) is 15.7. The van der Waals surface area contributed by atoms with Gasteiger partial charge in [-0.3, -0.25) is 0 Å². The Morgan fingerprint density at radius 2 is 2.29 bits per heavy atom. The fraction of sp³-hybridized carbons (Fsp3) is 0.286. The van der Waals surface area contributed by atoms with E-state index in [4.69, 9.17) is 32.4 Å². The number of aromatic nitrogens is 1. The summed E-state index contributed by atoms with van der Waals surface area (Å²) in [7, 11) is 3.11. The van der Waals surface area contributed by atoms with Gasteiger partial charge in [-0.15, -0.1) is 6.58 Å². The maximum absolute atomic E-state index is 11.8. The number of carbonyl (C=O) groups is 1. The van der Waals surface area contributed by atoms with Crippen LogP contribution in [0.15, 0.2) is 23.1 Å². The van der Waals surface area contributed by atoms with E-state index in [1.807, 2.05) is 11.9 Å². The number of fused-ring (bicyclic) bond motifs is 1. The van der Waals surface area contributed by atoms with E-state index in [-0.39, 0.29) is 16.1 Å². The number of nitrogens with zero attached hydrogens (tertiary/aromatic N) is 2. The van der Waals surface area contributed by atoms with Crippen LogP contribution >= 0.6 is 23.2 Å². The Hall–Kier alpha value is -1.72. The largest absolute Gasteiger partial charge is 0.463 e.